The summed E-state index contributed by atoms with van der Waals surface area (Å²) in [6, 6.07) is 5.51. The summed E-state index contributed by atoms with van der Waals surface area (Å²) in [5, 5.41) is 6.11. The molecule has 2 N–H and O–H groups in total. The molecule has 0 unspecified atom stereocenters. The standard InChI is InChI=1S/C15H16F2N2O3S/c1-3-9-11(13(20)21-2)12(19-15(23)18-9)8-6-4-5-7-10(8)22-14(16)17/h4-7,12,14H,3H2,1-2H3,(H2,18,19,23)/t12-/m1/s1. The second-order valence-electron chi connectivity index (χ2n) is 4.69. The molecule has 0 bridgehead atoms. The van der Waals surface area contributed by atoms with Crippen LogP contribution in [0, 0.1) is 0 Å². The first-order valence-corrected chi connectivity index (χ1v) is 7.31. The predicted octanol–water partition coefficient (Wildman–Crippen LogP) is 2.64. The van der Waals surface area contributed by atoms with Crippen LogP contribution in [0.25, 0.3) is 0 Å². The third-order valence-corrected chi connectivity index (χ3v) is 3.58. The molecule has 2 rings (SSSR count). The zero-order valence-corrected chi connectivity index (χ0v) is 13.4. The molecular weight excluding hydrogens is 326 g/mol. The van der Waals surface area contributed by atoms with E-state index in [0.29, 0.717) is 22.8 Å². The number of benzene rings is 1. The van der Waals surface area contributed by atoms with Crippen LogP contribution in [0.4, 0.5) is 8.78 Å². The van der Waals surface area contributed by atoms with Crippen molar-refractivity contribution >= 4 is 23.3 Å². The van der Waals surface area contributed by atoms with Crippen LogP contribution in [0.15, 0.2) is 35.5 Å². The lowest BCUT2D eigenvalue weighted by Crippen LogP contribution is -2.45. The molecule has 1 atom stereocenters. The van der Waals surface area contributed by atoms with Gasteiger partial charge in [-0.05, 0) is 24.7 Å². The Kier molecular flexibility index (Phi) is 5.49. The Bertz CT molecular complexity index is 649. The molecular formula is C15H16F2N2O3S. The van der Waals surface area contributed by atoms with Crippen molar-refractivity contribution in [2.75, 3.05) is 7.11 Å². The minimum atomic E-state index is -2.97. The number of nitrogens with one attached hydrogen (secondary N) is 2. The average Bonchev–Trinajstić information content (AvgIpc) is 2.53. The largest absolute Gasteiger partial charge is 0.466 e. The molecule has 0 aliphatic carbocycles. The van der Waals surface area contributed by atoms with Gasteiger partial charge in [0.25, 0.3) is 0 Å². The van der Waals surface area contributed by atoms with Crippen molar-refractivity contribution in [2.24, 2.45) is 0 Å². The predicted molar refractivity (Wildman–Crippen MR) is 84.0 cm³/mol. The van der Waals surface area contributed by atoms with Gasteiger partial charge in [-0.1, -0.05) is 25.1 Å². The molecule has 1 aromatic rings. The molecule has 1 heterocycles. The van der Waals surface area contributed by atoms with Crippen molar-refractivity contribution in [3.05, 3.63) is 41.1 Å². The third kappa shape index (κ3) is 3.76. The van der Waals surface area contributed by atoms with Gasteiger partial charge in [-0.3, -0.25) is 0 Å². The minimum Gasteiger partial charge on any atom is -0.466 e. The van der Waals surface area contributed by atoms with E-state index in [1.54, 1.807) is 18.2 Å². The molecule has 1 aromatic carbocycles. The number of allylic oxidation sites excluding steroid dienone is 1. The normalized spacial score (nSPS) is 17.6. The lowest BCUT2D eigenvalue weighted by atomic mass is 9.94. The van der Waals surface area contributed by atoms with Crippen molar-refractivity contribution in [2.45, 2.75) is 26.0 Å². The Labute approximate surface area is 137 Å². The Balaban J connectivity index is 2.55. The first kappa shape index (κ1) is 17.1. The van der Waals surface area contributed by atoms with Gasteiger partial charge < -0.3 is 20.1 Å². The number of carbonyl (C=O) groups excluding carboxylic acids is 1. The Morgan fingerprint density at radius 2 is 2.09 bits per heavy atom. The summed E-state index contributed by atoms with van der Waals surface area (Å²) in [5.74, 6) is -0.595. The van der Waals surface area contributed by atoms with E-state index in [1.165, 1.54) is 13.2 Å². The van der Waals surface area contributed by atoms with Crippen LogP contribution in [0.5, 0.6) is 5.75 Å². The quantitative estimate of drug-likeness (QED) is 0.634. The topological polar surface area (TPSA) is 59.6 Å². The van der Waals surface area contributed by atoms with E-state index in [2.05, 4.69) is 15.4 Å². The van der Waals surface area contributed by atoms with Crippen molar-refractivity contribution in [1.82, 2.24) is 10.6 Å². The second kappa shape index (κ2) is 7.36. The van der Waals surface area contributed by atoms with Crippen molar-refractivity contribution in [3.8, 4) is 5.75 Å². The summed E-state index contributed by atoms with van der Waals surface area (Å²) in [7, 11) is 1.26. The molecule has 23 heavy (non-hydrogen) atoms. The molecule has 1 aliphatic rings. The maximum atomic E-state index is 12.6. The molecule has 5 nitrogen and oxygen atoms in total. The number of esters is 1. The Morgan fingerprint density at radius 3 is 2.70 bits per heavy atom. The highest BCUT2D eigenvalue weighted by molar-refractivity contribution is 7.80. The number of para-hydroxylation sites is 1. The molecule has 0 aromatic heterocycles. The van der Waals surface area contributed by atoms with Crippen LogP contribution in [0.1, 0.15) is 24.9 Å². The van der Waals surface area contributed by atoms with Gasteiger partial charge in [0, 0.05) is 11.3 Å². The van der Waals surface area contributed by atoms with Crippen LogP contribution in [-0.4, -0.2) is 24.8 Å². The summed E-state index contributed by atoms with van der Waals surface area (Å²) < 4.78 is 34.6. The van der Waals surface area contributed by atoms with Crippen molar-refractivity contribution in [1.29, 1.82) is 0 Å². The SMILES string of the molecule is CCC1=C(C(=O)OC)[C@@H](c2ccccc2OC(F)F)NC(=S)N1. The number of ether oxygens (including phenoxy) is 2. The summed E-state index contributed by atoms with van der Waals surface area (Å²) in [6.45, 7) is -1.13. The number of carbonyl (C=O) groups is 1. The number of thiocarbonyl (C=S) groups is 1. The summed E-state index contributed by atoms with van der Waals surface area (Å²) in [6.07, 6.45) is 0.501. The Hall–Kier alpha value is -2.22. The molecule has 8 heteroatoms. The molecule has 0 spiro atoms. The molecule has 0 amide bonds. The van der Waals surface area contributed by atoms with Gasteiger partial charge >= 0.3 is 12.6 Å². The van der Waals surface area contributed by atoms with Gasteiger partial charge in [-0.15, -0.1) is 0 Å². The number of hydrogen-bond acceptors (Lipinski definition) is 4. The van der Waals surface area contributed by atoms with E-state index in [0.717, 1.165) is 0 Å². The fourth-order valence-corrected chi connectivity index (χ4v) is 2.64. The maximum Gasteiger partial charge on any atom is 0.387 e. The van der Waals surface area contributed by atoms with Gasteiger partial charge in [0.15, 0.2) is 5.11 Å². The van der Waals surface area contributed by atoms with E-state index >= 15 is 0 Å². The highest BCUT2D eigenvalue weighted by Crippen LogP contribution is 2.34. The van der Waals surface area contributed by atoms with Crippen LogP contribution in [0.3, 0.4) is 0 Å². The zero-order valence-electron chi connectivity index (χ0n) is 12.6. The van der Waals surface area contributed by atoms with Crippen molar-refractivity contribution in [3.63, 3.8) is 0 Å². The Morgan fingerprint density at radius 1 is 1.39 bits per heavy atom. The lowest BCUT2D eigenvalue weighted by molar-refractivity contribution is -0.136. The fraction of sp³-hybridized carbons (Fsp3) is 0.333. The molecule has 0 fully saturated rings. The fourth-order valence-electron chi connectivity index (χ4n) is 2.40. The van der Waals surface area contributed by atoms with E-state index in [4.69, 9.17) is 17.0 Å². The highest BCUT2D eigenvalue weighted by Gasteiger charge is 2.33. The van der Waals surface area contributed by atoms with Crippen LogP contribution < -0.4 is 15.4 Å². The summed E-state index contributed by atoms with van der Waals surface area (Å²) in [5.41, 5.74) is 1.24. The molecule has 1 aliphatic heterocycles. The summed E-state index contributed by atoms with van der Waals surface area (Å²) >= 11 is 5.14. The highest BCUT2D eigenvalue weighted by atomic mass is 32.1. The number of rotatable bonds is 5. The molecule has 0 saturated carbocycles. The average molecular weight is 342 g/mol. The summed E-state index contributed by atoms with van der Waals surface area (Å²) in [4.78, 5) is 12.2. The van der Waals surface area contributed by atoms with Gasteiger partial charge in [0.05, 0.1) is 18.7 Å². The van der Waals surface area contributed by atoms with Crippen LogP contribution in [-0.2, 0) is 9.53 Å². The first-order chi connectivity index (χ1) is 11.0. The number of alkyl halides is 2. The molecule has 0 radical (unpaired) electrons. The van der Waals surface area contributed by atoms with E-state index in [1.807, 2.05) is 6.92 Å². The maximum absolute atomic E-state index is 12.6. The monoisotopic (exact) mass is 342 g/mol. The second-order valence-corrected chi connectivity index (χ2v) is 5.09. The van der Waals surface area contributed by atoms with Crippen LogP contribution >= 0.6 is 12.2 Å². The van der Waals surface area contributed by atoms with Gasteiger partial charge in [0.1, 0.15) is 5.75 Å². The van der Waals surface area contributed by atoms with Crippen molar-refractivity contribution < 1.29 is 23.0 Å². The first-order valence-electron chi connectivity index (χ1n) is 6.90. The van der Waals surface area contributed by atoms with E-state index in [9.17, 15) is 13.6 Å². The number of halogens is 2. The zero-order chi connectivity index (χ0) is 17.0. The lowest BCUT2D eigenvalue weighted by Gasteiger charge is -2.31. The number of methoxy groups -OCH3 is 1. The van der Waals surface area contributed by atoms with E-state index < -0.39 is 18.6 Å². The van der Waals surface area contributed by atoms with Gasteiger partial charge in [0.2, 0.25) is 0 Å². The molecule has 124 valence electrons. The van der Waals surface area contributed by atoms with E-state index in [-0.39, 0.29) is 11.3 Å². The minimum absolute atomic E-state index is 0.0263. The van der Waals surface area contributed by atoms with Gasteiger partial charge in [-0.25, -0.2) is 4.79 Å². The molecule has 0 saturated heterocycles. The smallest absolute Gasteiger partial charge is 0.387 e. The number of hydrogen-bond donors (Lipinski definition) is 2. The van der Waals surface area contributed by atoms with Crippen LogP contribution in [0.2, 0.25) is 0 Å². The van der Waals surface area contributed by atoms with Gasteiger partial charge in [-0.2, -0.15) is 8.78 Å². The third-order valence-electron chi connectivity index (χ3n) is 3.36.